The summed E-state index contributed by atoms with van der Waals surface area (Å²) in [4.78, 5) is 2.19. The van der Waals surface area contributed by atoms with E-state index < -0.39 is 12.7 Å². The van der Waals surface area contributed by atoms with Crippen molar-refractivity contribution in [2.24, 2.45) is 5.92 Å². The number of piperidine rings is 1. The first kappa shape index (κ1) is 16.1. The Bertz CT molecular complexity index is 485. The second-order valence-corrected chi connectivity index (χ2v) is 6.21. The van der Waals surface area contributed by atoms with Crippen LogP contribution in [0.4, 0.5) is 18.9 Å². The lowest BCUT2D eigenvalue weighted by atomic mass is 9.95. The first-order valence-corrected chi connectivity index (χ1v) is 7.37. The zero-order valence-electron chi connectivity index (χ0n) is 12.8. The van der Waals surface area contributed by atoms with Crippen LogP contribution in [0.15, 0.2) is 18.2 Å². The van der Waals surface area contributed by atoms with Crippen LogP contribution in [0.5, 0.6) is 0 Å². The van der Waals surface area contributed by atoms with Crippen LogP contribution in [-0.4, -0.2) is 31.9 Å². The molecule has 1 aliphatic rings. The van der Waals surface area contributed by atoms with Crippen molar-refractivity contribution >= 4 is 5.69 Å². The number of rotatable bonds is 3. The summed E-state index contributed by atoms with van der Waals surface area (Å²) in [6.45, 7) is 6.83. The predicted octanol–water partition coefficient (Wildman–Crippen LogP) is 3.67. The van der Waals surface area contributed by atoms with Gasteiger partial charge in [0, 0.05) is 24.8 Å². The maximum Gasteiger partial charge on any atom is 0.401 e. The standard InChI is InChI=1S/C16H23F3N2/c1-11-6-14(20-10-16(17,18)19)9-21(8-11)15-5-4-12(2)13(3)7-15/h4-5,7,11,14,20H,6,8-10H2,1-3H3. The average Bonchev–Trinajstić information content (AvgIpc) is 2.38. The summed E-state index contributed by atoms with van der Waals surface area (Å²) in [6.07, 6.45) is -3.36. The number of hydrogen-bond acceptors (Lipinski definition) is 2. The summed E-state index contributed by atoms with van der Waals surface area (Å²) in [5.41, 5.74) is 3.55. The summed E-state index contributed by atoms with van der Waals surface area (Å²) in [5, 5.41) is 2.65. The second-order valence-electron chi connectivity index (χ2n) is 6.21. The quantitative estimate of drug-likeness (QED) is 0.916. The fourth-order valence-electron chi connectivity index (χ4n) is 2.89. The van der Waals surface area contributed by atoms with Gasteiger partial charge in [-0.2, -0.15) is 13.2 Å². The zero-order valence-corrected chi connectivity index (χ0v) is 12.8. The van der Waals surface area contributed by atoms with E-state index in [9.17, 15) is 13.2 Å². The molecule has 21 heavy (non-hydrogen) atoms. The molecule has 0 amide bonds. The highest BCUT2D eigenvalue weighted by molar-refractivity contribution is 5.51. The number of benzene rings is 1. The van der Waals surface area contributed by atoms with Gasteiger partial charge in [0.15, 0.2) is 0 Å². The molecule has 1 aromatic carbocycles. The summed E-state index contributed by atoms with van der Waals surface area (Å²) in [6, 6.07) is 6.13. The SMILES string of the molecule is Cc1ccc(N2CC(C)CC(NCC(F)(F)F)C2)cc1C. The summed E-state index contributed by atoms with van der Waals surface area (Å²) in [7, 11) is 0. The molecule has 2 atom stereocenters. The van der Waals surface area contributed by atoms with Crippen LogP contribution in [0.2, 0.25) is 0 Å². The summed E-state index contributed by atoms with van der Waals surface area (Å²) >= 11 is 0. The van der Waals surface area contributed by atoms with Crippen LogP contribution in [0.3, 0.4) is 0 Å². The van der Waals surface area contributed by atoms with E-state index in [0.29, 0.717) is 12.5 Å². The van der Waals surface area contributed by atoms with Gasteiger partial charge in [0.25, 0.3) is 0 Å². The number of anilines is 1. The van der Waals surface area contributed by atoms with Crippen LogP contribution in [0, 0.1) is 19.8 Å². The van der Waals surface area contributed by atoms with Crippen molar-refractivity contribution in [1.29, 1.82) is 0 Å². The molecule has 2 unspecified atom stereocenters. The molecule has 2 nitrogen and oxygen atoms in total. The monoisotopic (exact) mass is 300 g/mol. The third kappa shape index (κ3) is 4.63. The van der Waals surface area contributed by atoms with Crippen molar-refractivity contribution in [2.45, 2.75) is 39.4 Å². The number of alkyl halides is 3. The normalized spacial score (nSPS) is 23.4. The van der Waals surface area contributed by atoms with Crippen molar-refractivity contribution in [3.8, 4) is 0 Å². The van der Waals surface area contributed by atoms with Gasteiger partial charge in [0.2, 0.25) is 0 Å². The minimum absolute atomic E-state index is 0.114. The molecular formula is C16H23F3N2. The van der Waals surface area contributed by atoms with E-state index in [1.807, 2.05) is 0 Å². The van der Waals surface area contributed by atoms with E-state index in [-0.39, 0.29) is 6.04 Å². The third-order valence-corrected chi connectivity index (χ3v) is 4.11. The largest absolute Gasteiger partial charge is 0.401 e. The van der Waals surface area contributed by atoms with Crippen molar-refractivity contribution in [3.05, 3.63) is 29.3 Å². The average molecular weight is 300 g/mol. The van der Waals surface area contributed by atoms with Gasteiger partial charge in [0.05, 0.1) is 6.54 Å². The van der Waals surface area contributed by atoms with Crippen molar-refractivity contribution in [2.75, 3.05) is 24.5 Å². The minimum Gasteiger partial charge on any atom is -0.370 e. The Morgan fingerprint density at radius 2 is 1.90 bits per heavy atom. The fraction of sp³-hybridized carbons (Fsp3) is 0.625. The Labute approximate surface area is 124 Å². The van der Waals surface area contributed by atoms with E-state index in [2.05, 4.69) is 49.2 Å². The van der Waals surface area contributed by atoms with Gasteiger partial charge in [-0.3, -0.25) is 0 Å². The minimum atomic E-state index is -4.15. The van der Waals surface area contributed by atoms with Gasteiger partial charge in [-0.15, -0.1) is 0 Å². The van der Waals surface area contributed by atoms with Crippen molar-refractivity contribution in [3.63, 3.8) is 0 Å². The van der Waals surface area contributed by atoms with E-state index in [1.54, 1.807) is 0 Å². The number of hydrogen-bond donors (Lipinski definition) is 1. The first-order chi connectivity index (χ1) is 9.74. The van der Waals surface area contributed by atoms with Gasteiger partial charge < -0.3 is 10.2 Å². The Hall–Kier alpha value is -1.23. The third-order valence-electron chi connectivity index (χ3n) is 4.11. The summed E-state index contributed by atoms with van der Waals surface area (Å²) in [5.74, 6) is 0.381. The van der Waals surface area contributed by atoms with E-state index in [0.717, 1.165) is 18.7 Å². The highest BCUT2D eigenvalue weighted by Gasteiger charge is 2.31. The molecule has 0 radical (unpaired) electrons. The molecule has 0 aromatic heterocycles. The molecule has 2 rings (SSSR count). The lowest BCUT2D eigenvalue weighted by Gasteiger charge is -2.38. The van der Waals surface area contributed by atoms with E-state index in [4.69, 9.17) is 0 Å². The molecule has 5 heteroatoms. The number of aryl methyl sites for hydroxylation is 2. The van der Waals surface area contributed by atoms with Gasteiger partial charge in [-0.25, -0.2) is 0 Å². The Kier molecular flexibility index (Phi) is 4.81. The highest BCUT2D eigenvalue weighted by Crippen LogP contribution is 2.25. The Morgan fingerprint density at radius 3 is 2.52 bits per heavy atom. The molecule has 1 aliphatic heterocycles. The molecule has 0 saturated carbocycles. The predicted molar refractivity (Wildman–Crippen MR) is 79.8 cm³/mol. The Balaban J connectivity index is 2.04. The van der Waals surface area contributed by atoms with Crippen LogP contribution in [0.1, 0.15) is 24.5 Å². The van der Waals surface area contributed by atoms with Crippen LogP contribution < -0.4 is 10.2 Å². The van der Waals surface area contributed by atoms with Crippen molar-refractivity contribution < 1.29 is 13.2 Å². The van der Waals surface area contributed by atoms with Crippen LogP contribution in [0.25, 0.3) is 0 Å². The molecule has 1 heterocycles. The molecule has 0 spiro atoms. The fourth-order valence-corrected chi connectivity index (χ4v) is 2.89. The first-order valence-electron chi connectivity index (χ1n) is 7.37. The maximum absolute atomic E-state index is 12.3. The van der Waals surface area contributed by atoms with Crippen LogP contribution >= 0.6 is 0 Å². The Morgan fingerprint density at radius 1 is 1.19 bits per heavy atom. The van der Waals surface area contributed by atoms with E-state index in [1.165, 1.54) is 11.1 Å². The van der Waals surface area contributed by atoms with Gasteiger partial charge in [-0.1, -0.05) is 13.0 Å². The van der Waals surface area contributed by atoms with Gasteiger partial charge >= 0.3 is 6.18 Å². The summed E-state index contributed by atoms with van der Waals surface area (Å²) < 4.78 is 37.0. The highest BCUT2D eigenvalue weighted by atomic mass is 19.4. The number of nitrogens with one attached hydrogen (secondary N) is 1. The topological polar surface area (TPSA) is 15.3 Å². The van der Waals surface area contributed by atoms with Gasteiger partial charge in [-0.05, 0) is 49.4 Å². The molecule has 0 bridgehead atoms. The number of nitrogens with zero attached hydrogens (tertiary/aromatic N) is 1. The molecule has 1 fully saturated rings. The molecule has 0 aliphatic carbocycles. The molecule has 1 N–H and O–H groups in total. The molecule has 1 saturated heterocycles. The molecule has 118 valence electrons. The van der Waals surface area contributed by atoms with Crippen molar-refractivity contribution in [1.82, 2.24) is 5.32 Å². The maximum atomic E-state index is 12.3. The van der Waals surface area contributed by atoms with E-state index >= 15 is 0 Å². The smallest absolute Gasteiger partial charge is 0.370 e. The second kappa shape index (κ2) is 6.26. The zero-order chi connectivity index (χ0) is 15.6. The lowest BCUT2D eigenvalue weighted by Crippen LogP contribution is -2.50. The molecular weight excluding hydrogens is 277 g/mol. The lowest BCUT2D eigenvalue weighted by molar-refractivity contribution is -0.126. The van der Waals surface area contributed by atoms with Gasteiger partial charge in [0.1, 0.15) is 0 Å². The van der Waals surface area contributed by atoms with Crippen LogP contribution in [-0.2, 0) is 0 Å². The molecule has 1 aromatic rings. The number of halogens is 3.